The van der Waals surface area contributed by atoms with Crippen molar-refractivity contribution in [1.29, 1.82) is 0 Å². The Morgan fingerprint density at radius 1 is 1.27 bits per heavy atom. The molecule has 11 heteroatoms. The zero-order chi connectivity index (χ0) is 21.8. The van der Waals surface area contributed by atoms with Gasteiger partial charge in [-0.15, -0.1) is 0 Å². The molecule has 0 atom stereocenters. The van der Waals surface area contributed by atoms with Gasteiger partial charge in [-0.05, 0) is 17.7 Å². The molecule has 2 amide bonds. The first-order valence-electron chi connectivity index (χ1n) is 9.09. The van der Waals surface area contributed by atoms with Crippen LogP contribution in [0.15, 0.2) is 35.3 Å². The molecule has 1 aromatic carbocycles. The predicted molar refractivity (Wildman–Crippen MR) is 110 cm³/mol. The van der Waals surface area contributed by atoms with Crippen molar-refractivity contribution in [2.24, 2.45) is 0 Å². The summed E-state index contributed by atoms with van der Waals surface area (Å²) in [6.45, 7) is 1.11. The fraction of sp³-hybridized carbons (Fsp3) is 0.316. The number of nitrogens with zero attached hydrogens (tertiary/aromatic N) is 3. The highest BCUT2D eigenvalue weighted by atomic mass is 35.5. The molecule has 2 heterocycles. The van der Waals surface area contributed by atoms with E-state index < -0.39 is 23.0 Å². The van der Waals surface area contributed by atoms with E-state index >= 15 is 0 Å². The van der Waals surface area contributed by atoms with Gasteiger partial charge in [0.2, 0.25) is 5.43 Å². The minimum absolute atomic E-state index is 0.199. The SMILES string of the molecule is COCCN1CN(C)n2cc(C(=O)NNCc3ccc(Cl)cc3)c(=O)c(O)c2C1=O. The monoisotopic (exact) mass is 435 g/mol. The summed E-state index contributed by atoms with van der Waals surface area (Å²) >= 11 is 5.83. The number of carbonyl (C=O) groups is 2. The largest absolute Gasteiger partial charge is 0.502 e. The number of halogens is 1. The lowest BCUT2D eigenvalue weighted by molar-refractivity contribution is 0.0628. The summed E-state index contributed by atoms with van der Waals surface area (Å²) in [6, 6.07) is 7.02. The lowest BCUT2D eigenvalue weighted by Gasteiger charge is -2.37. The Hall–Kier alpha value is -3.08. The second kappa shape index (κ2) is 9.16. The Morgan fingerprint density at radius 3 is 2.63 bits per heavy atom. The quantitative estimate of drug-likeness (QED) is 0.534. The van der Waals surface area contributed by atoms with Crippen LogP contribution >= 0.6 is 11.6 Å². The molecular weight excluding hydrogens is 414 g/mol. The second-order valence-corrected chi connectivity index (χ2v) is 7.14. The molecule has 0 bridgehead atoms. The van der Waals surface area contributed by atoms with Crippen molar-refractivity contribution in [3.05, 3.63) is 62.5 Å². The molecule has 0 fully saturated rings. The Kier molecular flexibility index (Phi) is 6.60. The molecule has 1 aliphatic heterocycles. The third-order valence-corrected chi connectivity index (χ3v) is 4.87. The molecule has 0 radical (unpaired) electrons. The van der Waals surface area contributed by atoms with Crippen LogP contribution in [0, 0.1) is 0 Å². The lowest BCUT2D eigenvalue weighted by Crippen LogP contribution is -2.53. The molecule has 0 unspecified atom stereocenters. The molecule has 0 aliphatic carbocycles. The zero-order valence-electron chi connectivity index (χ0n) is 16.5. The van der Waals surface area contributed by atoms with E-state index in [1.807, 2.05) is 0 Å². The number of aromatic hydroxyl groups is 1. The molecule has 160 valence electrons. The van der Waals surface area contributed by atoms with Crippen LogP contribution < -0.4 is 21.3 Å². The van der Waals surface area contributed by atoms with Crippen LogP contribution in [0.4, 0.5) is 0 Å². The fourth-order valence-corrected chi connectivity index (χ4v) is 3.14. The predicted octanol–water partition coefficient (Wildman–Crippen LogP) is 0.269. The maximum absolute atomic E-state index is 12.7. The van der Waals surface area contributed by atoms with Crippen LogP contribution in [-0.2, 0) is 11.3 Å². The maximum Gasteiger partial charge on any atom is 0.277 e. The van der Waals surface area contributed by atoms with Crippen molar-refractivity contribution in [2.75, 3.05) is 39.0 Å². The van der Waals surface area contributed by atoms with Crippen molar-refractivity contribution in [3.63, 3.8) is 0 Å². The molecule has 3 N–H and O–H groups in total. The zero-order valence-corrected chi connectivity index (χ0v) is 17.3. The van der Waals surface area contributed by atoms with Gasteiger partial charge in [0.25, 0.3) is 11.8 Å². The summed E-state index contributed by atoms with van der Waals surface area (Å²) in [6.07, 6.45) is 1.24. The molecule has 0 spiro atoms. The van der Waals surface area contributed by atoms with E-state index in [0.29, 0.717) is 24.7 Å². The molecule has 10 nitrogen and oxygen atoms in total. The summed E-state index contributed by atoms with van der Waals surface area (Å²) in [5, 5.41) is 12.6. The lowest BCUT2D eigenvalue weighted by atomic mass is 10.2. The maximum atomic E-state index is 12.7. The van der Waals surface area contributed by atoms with Crippen molar-refractivity contribution >= 4 is 23.4 Å². The molecule has 2 aromatic rings. The van der Waals surface area contributed by atoms with Gasteiger partial charge in [0.1, 0.15) is 12.2 Å². The fourth-order valence-electron chi connectivity index (χ4n) is 3.02. The number of carbonyl (C=O) groups excluding carboxylic acids is 2. The molecule has 3 rings (SSSR count). The molecule has 0 saturated carbocycles. The second-order valence-electron chi connectivity index (χ2n) is 6.71. The number of hydrazine groups is 1. The number of nitrogens with one attached hydrogen (secondary N) is 2. The van der Waals surface area contributed by atoms with Crippen molar-refractivity contribution in [3.8, 4) is 5.75 Å². The summed E-state index contributed by atoms with van der Waals surface area (Å²) in [7, 11) is 3.18. The topological polar surface area (TPSA) is 116 Å². The van der Waals surface area contributed by atoms with Crippen LogP contribution in [0.1, 0.15) is 26.4 Å². The Morgan fingerprint density at radius 2 is 1.97 bits per heavy atom. The van der Waals surface area contributed by atoms with Gasteiger partial charge >= 0.3 is 0 Å². The third kappa shape index (κ3) is 4.40. The van der Waals surface area contributed by atoms with Gasteiger partial charge in [0, 0.05) is 38.5 Å². The van der Waals surface area contributed by atoms with E-state index in [0.717, 1.165) is 5.56 Å². The Labute approximate surface area is 177 Å². The summed E-state index contributed by atoms with van der Waals surface area (Å²) in [4.78, 5) is 39.2. The van der Waals surface area contributed by atoms with Gasteiger partial charge < -0.3 is 14.7 Å². The van der Waals surface area contributed by atoms with E-state index in [1.54, 1.807) is 36.3 Å². The van der Waals surface area contributed by atoms with Crippen molar-refractivity contribution in [1.82, 2.24) is 20.4 Å². The van der Waals surface area contributed by atoms with Crippen LogP contribution in [0.25, 0.3) is 0 Å². The smallest absolute Gasteiger partial charge is 0.277 e. The van der Waals surface area contributed by atoms with Crippen molar-refractivity contribution in [2.45, 2.75) is 6.54 Å². The normalized spacial score (nSPS) is 13.4. The van der Waals surface area contributed by atoms with Gasteiger partial charge in [-0.3, -0.25) is 29.5 Å². The van der Waals surface area contributed by atoms with Gasteiger partial charge in [-0.2, -0.15) is 0 Å². The number of aromatic nitrogens is 1. The number of amides is 2. The molecule has 1 aliphatic rings. The van der Waals surface area contributed by atoms with Gasteiger partial charge in [0.15, 0.2) is 11.4 Å². The highest BCUT2D eigenvalue weighted by Crippen LogP contribution is 2.20. The number of hydrogen-bond donors (Lipinski definition) is 3. The number of pyridine rings is 1. The third-order valence-electron chi connectivity index (χ3n) is 4.62. The number of methoxy groups -OCH3 is 1. The van der Waals surface area contributed by atoms with Crippen LogP contribution in [0.5, 0.6) is 5.75 Å². The first-order valence-corrected chi connectivity index (χ1v) is 9.47. The summed E-state index contributed by atoms with van der Waals surface area (Å²) in [5.74, 6) is -2.03. The van der Waals surface area contributed by atoms with E-state index in [-0.39, 0.29) is 17.9 Å². The number of benzene rings is 1. The van der Waals surface area contributed by atoms with E-state index in [2.05, 4.69) is 10.9 Å². The minimum Gasteiger partial charge on any atom is -0.502 e. The van der Waals surface area contributed by atoms with Crippen LogP contribution in [-0.4, -0.2) is 60.5 Å². The van der Waals surface area contributed by atoms with Crippen molar-refractivity contribution < 1.29 is 19.4 Å². The standard InChI is InChI=1S/C19H22ClN5O5/c1-23-11-24(7-8-30-2)19(29)15-17(27)16(26)14(10-25(15)23)18(28)22-21-9-12-3-5-13(20)6-4-12/h3-6,10,21,27H,7-9,11H2,1-2H3,(H,22,28). The van der Waals surface area contributed by atoms with Gasteiger partial charge in [0.05, 0.1) is 6.61 Å². The molecule has 1 aromatic heterocycles. The van der Waals surface area contributed by atoms with Gasteiger partial charge in [-0.1, -0.05) is 23.7 Å². The number of hydrogen-bond acceptors (Lipinski definition) is 7. The van der Waals surface area contributed by atoms with E-state index in [9.17, 15) is 19.5 Å². The molecule has 30 heavy (non-hydrogen) atoms. The van der Waals surface area contributed by atoms with E-state index in [4.69, 9.17) is 16.3 Å². The number of rotatable bonds is 7. The number of ether oxygens (including phenoxy) is 1. The highest BCUT2D eigenvalue weighted by molar-refractivity contribution is 6.30. The van der Waals surface area contributed by atoms with Crippen LogP contribution in [0.2, 0.25) is 5.02 Å². The Bertz CT molecular complexity index is 1010. The average Bonchev–Trinajstić information content (AvgIpc) is 2.72. The van der Waals surface area contributed by atoms with E-state index in [1.165, 1.54) is 22.9 Å². The van der Waals surface area contributed by atoms with Crippen LogP contribution in [0.3, 0.4) is 0 Å². The molecular formula is C19H22ClN5O5. The number of fused-ring (bicyclic) bond motifs is 1. The minimum atomic E-state index is -0.928. The Balaban J connectivity index is 1.78. The first-order chi connectivity index (χ1) is 14.3. The average molecular weight is 436 g/mol. The summed E-state index contributed by atoms with van der Waals surface area (Å²) in [5.41, 5.74) is 4.58. The summed E-state index contributed by atoms with van der Waals surface area (Å²) < 4.78 is 6.29. The first kappa shape index (κ1) is 21.6. The van der Waals surface area contributed by atoms with Gasteiger partial charge in [-0.25, -0.2) is 5.43 Å². The molecule has 0 saturated heterocycles. The highest BCUT2D eigenvalue weighted by Gasteiger charge is 2.32.